The lowest BCUT2D eigenvalue weighted by molar-refractivity contribution is -0.253. The average Bonchev–Trinajstić information content (AvgIpc) is 2.77. The molecule has 0 aromatic rings. The van der Waals surface area contributed by atoms with Crippen LogP contribution in [0, 0.1) is 16.7 Å². The summed E-state index contributed by atoms with van der Waals surface area (Å²) < 4.78 is 23.1. The van der Waals surface area contributed by atoms with E-state index in [-0.39, 0.29) is 23.1 Å². The number of Topliss-reactive ketones (excluding diaryl/α,β-unsaturated/α-hetero) is 1. The fraction of sp³-hybridized carbons (Fsp3) is 0.679. The van der Waals surface area contributed by atoms with Crippen LogP contribution in [0.15, 0.2) is 23.3 Å². The third kappa shape index (κ3) is 4.80. The van der Waals surface area contributed by atoms with Crippen LogP contribution in [0.25, 0.3) is 0 Å². The molecule has 0 spiro atoms. The Morgan fingerprint density at radius 1 is 0.872 bits per heavy atom. The third-order valence-corrected chi connectivity index (χ3v) is 8.77. The van der Waals surface area contributed by atoms with Crippen molar-refractivity contribution < 1.29 is 53.1 Å². The van der Waals surface area contributed by atoms with Gasteiger partial charge in [0.05, 0.1) is 11.5 Å². The van der Waals surface area contributed by atoms with Crippen LogP contribution in [-0.2, 0) is 42.9 Å². The van der Waals surface area contributed by atoms with Gasteiger partial charge in [0.1, 0.15) is 17.8 Å². The summed E-state index contributed by atoms with van der Waals surface area (Å²) in [5.41, 5.74) is -4.60. The number of hydrogen-bond acceptors (Lipinski definition) is 11. The molecular formula is C28H38O11. The number of ketones is 1. The Hall–Kier alpha value is -3.05. The summed E-state index contributed by atoms with van der Waals surface area (Å²) in [7, 11) is 0. The number of aliphatic hydroxyl groups excluding tert-OH is 1. The highest BCUT2D eigenvalue weighted by Gasteiger charge is 2.71. The maximum Gasteiger partial charge on any atom is 0.303 e. The van der Waals surface area contributed by atoms with Crippen LogP contribution in [0.5, 0.6) is 0 Å². The molecule has 11 nitrogen and oxygen atoms in total. The van der Waals surface area contributed by atoms with E-state index in [1.165, 1.54) is 13.8 Å². The van der Waals surface area contributed by atoms with Gasteiger partial charge in [0.2, 0.25) is 0 Å². The van der Waals surface area contributed by atoms with Crippen molar-refractivity contribution in [2.75, 3.05) is 0 Å². The summed E-state index contributed by atoms with van der Waals surface area (Å²) >= 11 is 0. The average molecular weight is 551 g/mol. The zero-order chi connectivity index (χ0) is 29.8. The van der Waals surface area contributed by atoms with Crippen LogP contribution in [0.2, 0.25) is 0 Å². The van der Waals surface area contributed by atoms with Gasteiger partial charge in [-0.2, -0.15) is 0 Å². The first kappa shape index (κ1) is 30.5. The van der Waals surface area contributed by atoms with Crippen molar-refractivity contribution in [1.82, 2.24) is 0 Å². The summed E-state index contributed by atoms with van der Waals surface area (Å²) in [5, 5.41) is 23.5. The Morgan fingerprint density at radius 2 is 1.36 bits per heavy atom. The van der Waals surface area contributed by atoms with E-state index in [9.17, 15) is 34.2 Å². The van der Waals surface area contributed by atoms with Crippen molar-refractivity contribution >= 4 is 29.7 Å². The second kappa shape index (κ2) is 10.2. The predicted octanol–water partition coefficient (Wildman–Crippen LogP) is 1.72. The minimum Gasteiger partial charge on any atom is -0.462 e. The van der Waals surface area contributed by atoms with Crippen molar-refractivity contribution in [3.63, 3.8) is 0 Å². The van der Waals surface area contributed by atoms with E-state index in [1.54, 1.807) is 20.8 Å². The largest absolute Gasteiger partial charge is 0.462 e. The third-order valence-electron chi connectivity index (χ3n) is 8.77. The normalized spacial score (nSPS) is 37.6. The monoisotopic (exact) mass is 550 g/mol. The van der Waals surface area contributed by atoms with Crippen molar-refractivity contribution in [2.45, 2.75) is 104 Å². The van der Waals surface area contributed by atoms with Gasteiger partial charge in [-0.05, 0) is 23.6 Å². The Morgan fingerprint density at radius 3 is 1.85 bits per heavy atom. The van der Waals surface area contributed by atoms with Gasteiger partial charge in [0.25, 0.3) is 0 Å². The lowest BCUT2D eigenvalue weighted by Gasteiger charge is -2.63. The smallest absolute Gasteiger partial charge is 0.303 e. The number of fused-ring (bicyclic) bond motifs is 3. The van der Waals surface area contributed by atoms with Gasteiger partial charge in [-0.3, -0.25) is 24.0 Å². The van der Waals surface area contributed by atoms with Gasteiger partial charge in [-0.25, -0.2) is 0 Å². The van der Waals surface area contributed by atoms with E-state index in [0.29, 0.717) is 0 Å². The minimum atomic E-state index is -2.10. The van der Waals surface area contributed by atoms with Gasteiger partial charge < -0.3 is 29.2 Å². The highest BCUT2D eigenvalue weighted by atomic mass is 16.6. The summed E-state index contributed by atoms with van der Waals surface area (Å²) in [6, 6.07) is 0. The van der Waals surface area contributed by atoms with Crippen LogP contribution >= 0.6 is 0 Å². The summed E-state index contributed by atoms with van der Waals surface area (Å²) in [6.07, 6.45) is -7.44. The van der Waals surface area contributed by atoms with Crippen LogP contribution in [0.3, 0.4) is 0 Å². The number of aliphatic hydroxyl groups is 2. The topological polar surface area (TPSA) is 163 Å². The molecule has 0 amide bonds. The second-order valence-corrected chi connectivity index (χ2v) is 11.5. The van der Waals surface area contributed by atoms with Crippen LogP contribution in [-0.4, -0.2) is 76.0 Å². The molecule has 3 aliphatic rings. The molecule has 0 aliphatic heterocycles. The predicted molar refractivity (Wildman–Crippen MR) is 135 cm³/mol. The molecule has 3 aliphatic carbocycles. The summed E-state index contributed by atoms with van der Waals surface area (Å²) in [5.74, 6) is -4.75. The maximum absolute atomic E-state index is 13.4. The standard InChI is InChI=1S/C28H38O11/c1-12-18(33)10-20(36-14(3)29)27(9)22(12)24(38-16(5)31)28(35)11-19(34)13(2)21(26(28,7)8)23(37-15(4)30)25(27)39-17(6)32/h18,20,22-25,33,35H,1,10-11H2,2-9H3. The molecule has 2 saturated carbocycles. The maximum atomic E-state index is 13.4. The highest BCUT2D eigenvalue weighted by Crippen LogP contribution is 2.62. The number of rotatable bonds is 4. The van der Waals surface area contributed by atoms with Crippen LogP contribution < -0.4 is 0 Å². The number of allylic oxidation sites excluding steroid dienone is 1. The van der Waals surface area contributed by atoms with Gasteiger partial charge >= 0.3 is 23.9 Å². The number of hydrogen-bond donors (Lipinski definition) is 2. The number of carbonyl (C=O) groups is 5. The fourth-order valence-corrected chi connectivity index (χ4v) is 6.91. The second-order valence-electron chi connectivity index (χ2n) is 11.5. The molecule has 216 valence electrons. The molecule has 8 atom stereocenters. The zero-order valence-corrected chi connectivity index (χ0v) is 23.7. The van der Waals surface area contributed by atoms with Crippen molar-refractivity contribution in [2.24, 2.45) is 16.7 Å². The quantitative estimate of drug-likeness (QED) is 0.298. The molecule has 2 bridgehead atoms. The SMILES string of the molecule is C=C1C(O)CC(OC(C)=O)C2(C)C(OC(C)=O)C(OC(C)=O)C3=C(C)C(=O)CC(O)(C(OC(C)=O)C12)C3(C)C. The van der Waals surface area contributed by atoms with E-state index >= 15 is 0 Å². The molecule has 0 heterocycles. The number of carbonyl (C=O) groups excluding carboxylic acids is 5. The van der Waals surface area contributed by atoms with Crippen molar-refractivity contribution in [3.8, 4) is 0 Å². The Labute approximate surface area is 227 Å². The van der Waals surface area contributed by atoms with E-state index in [4.69, 9.17) is 18.9 Å². The van der Waals surface area contributed by atoms with Crippen molar-refractivity contribution in [1.29, 1.82) is 0 Å². The van der Waals surface area contributed by atoms with Gasteiger partial charge in [-0.15, -0.1) is 0 Å². The molecule has 2 fully saturated rings. The first-order chi connectivity index (χ1) is 17.8. The van der Waals surface area contributed by atoms with E-state index in [0.717, 1.165) is 20.8 Å². The van der Waals surface area contributed by atoms with Gasteiger partial charge in [-0.1, -0.05) is 27.4 Å². The lowest BCUT2D eigenvalue weighted by Crippen LogP contribution is -2.73. The molecule has 2 N–H and O–H groups in total. The van der Waals surface area contributed by atoms with E-state index in [1.807, 2.05) is 0 Å². The van der Waals surface area contributed by atoms with Gasteiger partial charge in [0.15, 0.2) is 18.0 Å². The molecule has 39 heavy (non-hydrogen) atoms. The fourth-order valence-electron chi connectivity index (χ4n) is 6.91. The number of ether oxygens (including phenoxy) is 4. The summed E-state index contributed by atoms with van der Waals surface area (Å²) in [4.78, 5) is 63.2. The Balaban J connectivity index is 2.56. The van der Waals surface area contributed by atoms with Gasteiger partial charge in [0, 0.05) is 51.9 Å². The minimum absolute atomic E-state index is 0.109. The first-order valence-electron chi connectivity index (χ1n) is 12.8. The molecule has 0 aromatic carbocycles. The van der Waals surface area contributed by atoms with E-state index in [2.05, 4.69) is 6.58 Å². The van der Waals surface area contributed by atoms with Crippen LogP contribution in [0.4, 0.5) is 0 Å². The molecule has 11 heteroatoms. The molecule has 3 rings (SSSR count). The zero-order valence-electron chi connectivity index (χ0n) is 23.7. The molecule has 0 radical (unpaired) electrons. The molecular weight excluding hydrogens is 512 g/mol. The number of esters is 4. The lowest BCUT2D eigenvalue weighted by atomic mass is 9.47. The van der Waals surface area contributed by atoms with E-state index < -0.39 is 89.0 Å². The first-order valence-corrected chi connectivity index (χ1v) is 12.8. The molecule has 0 saturated heterocycles. The Kier molecular flexibility index (Phi) is 7.95. The summed E-state index contributed by atoms with van der Waals surface area (Å²) in [6.45, 7) is 15.0. The molecule has 0 aromatic heterocycles. The highest BCUT2D eigenvalue weighted by molar-refractivity contribution is 5.98. The van der Waals surface area contributed by atoms with Crippen molar-refractivity contribution in [3.05, 3.63) is 23.3 Å². The molecule has 8 unspecified atom stereocenters. The Bertz CT molecular complexity index is 1150. The van der Waals surface area contributed by atoms with Crippen LogP contribution in [0.1, 0.15) is 68.2 Å².